The summed E-state index contributed by atoms with van der Waals surface area (Å²) in [7, 11) is 3.40. The van der Waals surface area contributed by atoms with Crippen LogP contribution in [0.2, 0.25) is 0 Å². The number of rotatable bonds is 3. The molecular formula is C27H33N9O2. The van der Waals surface area contributed by atoms with E-state index in [1.807, 2.05) is 58.5 Å². The number of fused-ring (bicyclic) bond motifs is 1. The highest BCUT2D eigenvalue weighted by Crippen LogP contribution is 2.29. The molecule has 0 radical (unpaired) electrons. The van der Waals surface area contributed by atoms with Crippen molar-refractivity contribution in [3.63, 3.8) is 0 Å². The van der Waals surface area contributed by atoms with Gasteiger partial charge in [0.15, 0.2) is 0 Å². The number of amides is 1. The van der Waals surface area contributed by atoms with Gasteiger partial charge in [-0.2, -0.15) is 15.5 Å². The van der Waals surface area contributed by atoms with Crippen LogP contribution >= 0.6 is 0 Å². The van der Waals surface area contributed by atoms with Gasteiger partial charge in [-0.3, -0.25) is 4.68 Å². The van der Waals surface area contributed by atoms with Crippen molar-refractivity contribution in [2.75, 3.05) is 25.0 Å². The van der Waals surface area contributed by atoms with E-state index in [0.29, 0.717) is 16.8 Å². The molecule has 1 aliphatic heterocycles. The average Bonchev–Trinajstić information content (AvgIpc) is 3.54. The molecule has 1 fully saturated rings. The van der Waals surface area contributed by atoms with Crippen molar-refractivity contribution in [3.8, 4) is 28.6 Å². The lowest BCUT2D eigenvalue weighted by Gasteiger charge is -2.27. The van der Waals surface area contributed by atoms with Crippen molar-refractivity contribution in [2.24, 2.45) is 7.05 Å². The zero-order chi connectivity index (χ0) is 27.3. The van der Waals surface area contributed by atoms with E-state index < -0.39 is 0 Å². The summed E-state index contributed by atoms with van der Waals surface area (Å²) in [6.07, 6.45) is 12.2. The molecule has 5 heterocycles. The van der Waals surface area contributed by atoms with Crippen molar-refractivity contribution >= 4 is 17.4 Å². The molecule has 5 rings (SSSR count). The monoisotopic (exact) mass is 515 g/mol. The molecule has 11 heteroatoms. The molecule has 198 valence electrons. The molecule has 0 atom stereocenters. The Balaban J connectivity index is 0.000000323. The summed E-state index contributed by atoms with van der Waals surface area (Å²) in [5.41, 5.74) is 3.98. The molecule has 0 saturated carbocycles. The minimum Gasteiger partial charge on any atom is -0.444 e. The molecule has 11 nitrogen and oxygen atoms in total. The molecule has 0 aliphatic carbocycles. The summed E-state index contributed by atoms with van der Waals surface area (Å²) in [4.78, 5) is 22.4. The number of aromatic nitrogens is 6. The number of aryl methyl sites for hydroxylation is 1. The molecule has 1 saturated heterocycles. The van der Waals surface area contributed by atoms with Crippen LogP contribution in [0.4, 0.5) is 10.6 Å². The van der Waals surface area contributed by atoms with Gasteiger partial charge in [0.25, 0.3) is 0 Å². The van der Waals surface area contributed by atoms with E-state index in [0.717, 1.165) is 35.7 Å². The van der Waals surface area contributed by atoms with E-state index in [-0.39, 0.29) is 11.7 Å². The summed E-state index contributed by atoms with van der Waals surface area (Å²) in [5, 5.41) is 20.5. The first-order chi connectivity index (χ1) is 18.2. The minimum atomic E-state index is -0.389. The third-order valence-corrected chi connectivity index (χ3v) is 5.92. The van der Waals surface area contributed by atoms with E-state index in [4.69, 9.17) is 9.72 Å². The molecule has 0 aromatic carbocycles. The van der Waals surface area contributed by atoms with Crippen LogP contribution in [0.1, 0.15) is 45.6 Å². The van der Waals surface area contributed by atoms with E-state index in [2.05, 4.69) is 31.5 Å². The highest BCUT2D eigenvalue weighted by atomic mass is 16.6. The van der Waals surface area contributed by atoms with E-state index in [9.17, 15) is 10.1 Å². The van der Waals surface area contributed by atoms with Crippen LogP contribution in [0.3, 0.4) is 0 Å². The number of nitrogens with one attached hydrogen (secondary N) is 1. The predicted octanol–water partition coefficient (Wildman–Crippen LogP) is 4.19. The predicted molar refractivity (Wildman–Crippen MR) is 144 cm³/mol. The first-order valence-electron chi connectivity index (χ1n) is 12.6. The molecule has 4 aromatic heterocycles. The van der Waals surface area contributed by atoms with Gasteiger partial charge < -0.3 is 15.0 Å². The molecular weight excluding hydrogens is 482 g/mol. The molecule has 1 aliphatic rings. The minimum absolute atomic E-state index is 0.387. The molecule has 0 unspecified atom stereocenters. The Kier molecular flexibility index (Phi) is 7.90. The Morgan fingerprint density at radius 2 is 1.82 bits per heavy atom. The van der Waals surface area contributed by atoms with Gasteiger partial charge in [0.05, 0.1) is 30.0 Å². The number of pyridine rings is 1. The topological polar surface area (TPSA) is 126 Å². The highest BCUT2D eigenvalue weighted by Gasteiger charge is 2.18. The summed E-state index contributed by atoms with van der Waals surface area (Å²) >= 11 is 0. The fraction of sp³-hybridized carbons (Fsp3) is 0.407. The first-order valence-corrected chi connectivity index (χ1v) is 12.6. The van der Waals surface area contributed by atoms with Crippen molar-refractivity contribution in [1.82, 2.24) is 34.7 Å². The number of nitrogens with zero attached hydrogens (tertiary/aromatic N) is 8. The molecule has 0 spiro atoms. The van der Waals surface area contributed by atoms with Crippen LogP contribution in [0, 0.1) is 11.3 Å². The Morgan fingerprint density at radius 3 is 2.37 bits per heavy atom. The number of hydrogen-bond acceptors (Lipinski definition) is 8. The smallest absolute Gasteiger partial charge is 0.407 e. The summed E-state index contributed by atoms with van der Waals surface area (Å²) in [6.45, 7) is 7.56. The van der Waals surface area contributed by atoms with Crippen LogP contribution in [0.25, 0.3) is 28.0 Å². The van der Waals surface area contributed by atoms with Crippen molar-refractivity contribution in [2.45, 2.75) is 45.6 Å². The Morgan fingerprint density at radius 1 is 1.05 bits per heavy atom. The first kappa shape index (κ1) is 26.6. The second-order valence-electron chi connectivity index (χ2n) is 10.0. The number of carbonyl (C=O) groups is 1. The number of anilines is 1. The van der Waals surface area contributed by atoms with Crippen LogP contribution < -0.4 is 10.2 Å². The average molecular weight is 516 g/mol. The van der Waals surface area contributed by atoms with E-state index >= 15 is 0 Å². The van der Waals surface area contributed by atoms with Gasteiger partial charge in [0.2, 0.25) is 0 Å². The maximum atomic E-state index is 10.5. The maximum Gasteiger partial charge on any atom is 0.407 e. The molecule has 0 bridgehead atoms. The Labute approximate surface area is 222 Å². The van der Waals surface area contributed by atoms with Crippen molar-refractivity contribution in [3.05, 3.63) is 48.7 Å². The lowest BCUT2D eigenvalue weighted by atomic mass is 10.1. The fourth-order valence-electron chi connectivity index (χ4n) is 4.16. The summed E-state index contributed by atoms with van der Waals surface area (Å²) in [6, 6.07) is 6.29. The zero-order valence-electron chi connectivity index (χ0n) is 22.5. The van der Waals surface area contributed by atoms with Gasteiger partial charge in [-0.15, -0.1) is 0 Å². The van der Waals surface area contributed by atoms with E-state index in [1.54, 1.807) is 21.6 Å². The lowest BCUT2D eigenvalue weighted by molar-refractivity contribution is 0.0541. The van der Waals surface area contributed by atoms with Crippen LogP contribution in [0.15, 0.2) is 43.1 Å². The van der Waals surface area contributed by atoms with E-state index in [1.165, 1.54) is 26.3 Å². The summed E-state index contributed by atoms with van der Waals surface area (Å²) < 4.78 is 8.28. The van der Waals surface area contributed by atoms with Crippen molar-refractivity contribution < 1.29 is 9.53 Å². The molecule has 1 amide bonds. The van der Waals surface area contributed by atoms with Gasteiger partial charge >= 0.3 is 6.09 Å². The lowest BCUT2D eigenvalue weighted by Crippen LogP contribution is -2.30. The zero-order valence-corrected chi connectivity index (χ0v) is 22.5. The maximum absolute atomic E-state index is 10.5. The number of nitriles is 1. The quantitative estimate of drug-likeness (QED) is 0.430. The molecule has 1 N–H and O–H groups in total. The molecule has 38 heavy (non-hydrogen) atoms. The second-order valence-corrected chi connectivity index (χ2v) is 10.0. The largest absolute Gasteiger partial charge is 0.444 e. The SMILES string of the molecule is CNC(=O)OC(C)(C)C.Cn1cc(-c2cn3ncc(C#N)c3c(-c3ccc(N4CCCCC4)nc3)n2)cn1. The van der Waals surface area contributed by atoms with Gasteiger partial charge in [0, 0.05) is 50.7 Å². The van der Waals surface area contributed by atoms with Gasteiger partial charge in [0.1, 0.15) is 28.6 Å². The van der Waals surface area contributed by atoms with Gasteiger partial charge in [-0.25, -0.2) is 19.3 Å². The van der Waals surface area contributed by atoms with Gasteiger partial charge in [-0.05, 0) is 52.2 Å². The second kappa shape index (κ2) is 11.3. The third kappa shape index (κ3) is 6.26. The standard InChI is InChI=1S/C21H20N8.C6H13NO2/c1-27-13-17(12-24-27)18-14-29-21(16(9-22)11-25-29)20(26-18)15-5-6-19(23-10-15)28-7-3-2-4-8-28;1-6(2,3)9-5(8)7-4/h5-6,10-14H,2-4,7-8H2,1H3;1-4H3,(H,7,8). The van der Waals surface area contributed by atoms with Gasteiger partial charge in [-0.1, -0.05) is 0 Å². The Hall–Kier alpha value is -4.46. The Bertz CT molecular complexity index is 1440. The fourth-order valence-corrected chi connectivity index (χ4v) is 4.16. The van der Waals surface area contributed by atoms with Crippen molar-refractivity contribution in [1.29, 1.82) is 5.26 Å². The molecule has 4 aromatic rings. The third-order valence-electron chi connectivity index (χ3n) is 5.92. The van der Waals surface area contributed by atoms with Crippen LogP contribution in [-0.4, -0.2) is 61.2 Å². The highest BCUT2D eigenvalue weighted by molar-refractivity contribution is 5.83. The summed E-state index contributed by atoms with van der Waals surface area (Å²) in [5.74, 6) is 0.988. The van der Waals surface area contributed by atoms with Crippen LogP contribution in [0.5, 0.6) is 0 Å². The number of hydrogen-bond donors (Lipinski definition) is 1. The number of alkyl carbamates (subject to hydrolysis) is 1. The van der Waals surface area contributed by atoms with Crippen LogP contribution in [-0.2, 0) is 11.8 Å². The normalized spacial score (nSPS) is 13.4. The number of piperidine rings is 1. The number of ether oxygens (including phenoxy) is 1. The number of carbonyl (C=O) groups excluding carboxylic acids is 1.